The molecule has 5 heteroatoms. The standard InChI is InChI=1S/C20H31N3O2/c1-14(2)23-12-10-20(11-13-23,22(6)17(5)24)19(25)21-18-15(3)8-7-9-16(18)4/h7-9,14H,10-13H2,1-6H3,(H,21,25). The molecule has 0 spiro atoms. The fourth-order valence-corrected chi connectivity index (χ4v) is 3.67. The summed E-state index contributed by atoms with van der Waals surface area (Å²) in [6, 6.07) is 6.41. The number of anilines is 1. The number of nitrogens with one attached hydrogen (secondary N) is 1. The first-order valence-corrected chi connectivity index (χ1v) is 9.05. The molecule has 1 aliphatic heterocycles. The van der Waals surface area contributed by atoms with Crippen LogP contribution in [0.4, 0.5) is 5.69 Å². The highest BCUT2D eigenvalue weighted by Crippen LogP contribution is 2.32. The Morgan fingerprint density at radius 1 is 1.16 bits per heavy atom. The van der Waals surface area contributed by atoms with E-state index in [1.165, 1.54) is 6.92 Å². The van der Waals surface area contributed by atoms with Crippen molar-refractivity contribution < 1.29 is 9.59 Å². The van der Waals surface area contributed by atoms with Gasteiger partial charge < -0.3 is 15.1 Å². The number of hydrogen-bond acceptors (Lipinski definition) is 3. The minimum atomic E-state index is -0.786. The van der Waals surface area contributed by atoms with Crippen molar-refractivity contribution in [3.05, 3.63) is 29.3 Å². The minimum absolute atomic E-state index is 0.0744. The molecule has 25 heavy (non-hydrogen) atoms. The number of hydrogen-bond donors (Lipinski definition) is 1. The van der Waals surface area contributed by atoms with Crippen LogP contribution in [0.25, 0.3) is 0 Å². The van der Waals surface area contributed by atoms with E-state index in [9.17, 15) is 9.59 Å². The highest BCUT2D eigenvalue weighted by Gasteiger charge is 2.46. The monoisotopic (exact) mass is 345 g/mol. The van der Waals surface area contributed by atoms with E-state index in [1.54, 1.807) is 11.9 Å². The second-order valence-electron chi connectivity index (χ2n) is 7.46. The molecule has 0 aromatic heterocycles. The maximum Gasteiger partial charge on any atom is 0.250 e. The molecule has 0 saturated carbocycles. The summed E-state index contributed by atoms with van der Waals surface area (Å²) in [7, 11) is 1.75. The van der Waals surface area contributed by atoms with Gasteiger partial charge in [-0.25, -0.2) is 0 Å². The van der Waals surface area contributed by atoms with Crippen LogP contribution in [0.5, 0.6) is 0 Å². The van der Waals surface area contributed by atoms with Crippen molar-refractivity contribution in [3.63, 3.8) is 0 Å². The third kappa shape index (κ3) is 3.87. The lowest BCUT2D eigenvalue weighted by Gasteiger charge is -2.46. The van der Waals surface area contributed by atoms with Gasteiger partial charge >= 0.3 is 0 Å². The Morgan fingerprint density at radius 3 is 2.12 bits per heavy atom. The predicted octanol–water partition coefficient (Wildman–Crippen LogP) is 2.96. The molecule has 2 amide bonds. The largest absolute Gasteiger partial charge is 0.331 e. The zero-order valence-corrected chi connectivity index (χ0v) is 16.3. The van der Waals surface area contributed by atoms with Crippen LogP contribution in [0.3, 0.4) is 0 Å². The smallest absolute Gasteiger partial charge is 0.250 e. The lowest BCUT2D eigenvalue weighted by molar-refractivity contribution is -0.145. The van der Waals surface area contributed by atoms with Gasteiger partial charge in [0.2, 0.25) is 11.8 Å². The Morgan fingerprint density at radius 2 is 1.68 bits per heavy atom. The van der Waals surface area contributed by atoms with E-state index < -0.39 is 5.54 Å². The van der Waals surface area contributed by atoms with E-state index in [4.69, 9.17) is 0 Å². The van der Waals surface area contributed by atoms with Crippen molar-refractivity contribution >= 4 is 17.5 Å². The second-order valence-corrected chi connectivity index (χ2v) is 7.46. The summed E-state index contributed by atoms with van der Waals surface area (Å²) in [5, 5.41) is 3.12. The topological polar surface area (TPSA) is 52.7 Å². The molecule has 1 heterocycles. The first kappa shape index (κ1) is 19.4. The van der Waals surface area contributed by atoms with Crippen LogP contribution in [0.15, 0.2) is 18.2 Å². The molecule has 1 fully saturated rings. The van der Waals surface area contributed by atoms with Crippen LogP contribution >= 0.6 is 0 Å². The van der Waals surface area contributed by atoms with Crippen LogP contribution in [0.1, 0.15) is 44.7 Å². The van der Waals surface area contributed by atoms with Gasteiger partial charge in [-0.2, -0.15) is 0 Å². The molecule has 1 saturated heterocycles. The van der Waals surface area contributed by atoms with Crippen molar-refractivity contribution in [1.82, 2.24) is 9.80 Å². The van der Waals surface area contributed by atoms with Crippen LogP contribution in [0, 0.1) is 13.8 Å². The fourth-order valence-electron chi connectivity index (χ4n) is 3.67. The van der Waals surface area contributed by atoms with E-state index >= 15 is 0 Å². The van der Waals surface area contributed by atoms with E-state index in [0.29, 0.717) is 18.9 Å². The van der Waals surface area contributed by atoms with E-state index in [1.807, 2.05) is 32.0 Å². The van der Waals surface area contributed by atoms with Crippen molar-refractivity contribution in [1.29, 1.82) is 0 Å². The van der Waals surface area contributed by atoms with Gasteiger partial charge in [0.25, 0.3) is 0 Å². The summed E-state index contributed by atoms with van der Waals surface area (Å²) in [5.74, 6) is -0.152. The minimum Gasteiger partial charge on any atom is -0.331 e. The molecule has 5 nitrogen and oxygen atoms in total. The molecule has 1 aromatic carbocycles. The van der Waals surface area contributed by atoms with Crippen LogP contribution < -0.4 is 5.32 Å². The highest BCUT2D eigenvalue weighted by atomic mass is 16.2. The van der Waals surface area contributed by atoms with Gasteiger partial charge in [-0.1, -0.05) is 18.2 Å². The normalized spacial score (nSPS) is 17.4. The molecular formula is C20H31N3O2. The number of piperidine rings is 1. The molecule has 1 aromatic rings. The number of rotatable bonds is 4. The summed E-state index contributed by atoms with van der Waals surface area (Å²) in [6.45, 7) is 11.5. The summed E-state index contributed by atoms with van der Waals surface area (Å²) >= 11 is 0. The third-order valence-corrected chi connectivity index (χ3v) is 5.61. The molecule has 0 unspecified atom stereocenters. The number of nitrogens with zero attached hydrogens (tertiary/aromatic N) is 2. The Labute approximate surface area is 151 Å². The van der Waals surface area contributed by atoms with Gasteiger partial charge in [-0.3, -0.25) is 9.59 Å². The zero-order valence-electron chi connectivity index (χ0n) is 16.3. The van der Waals surface area contributed by atoms with E-state index in [2.05, 4.69) is 24.1 Å². The average Bonchev–Trinajstić information content (AvgIpc) is 2.57. The van der Waals surface area contributed by atoms with Crippen molar-refractivity contribution in [3.8, 4) is 0 Å². The number of carbonyl (C=O) groups excluding carboxylic acids is 2. The molecule has 1 N–H and O–H groups in total. The molecule has 2 rings (SSSR count). The number of para-hydroxylation sites is 1. The van der Waals surface area contributed by atoms with E-state index in [-0.39, 0.29) is 11.8 Å². The quantitative estimate of drug-likeness (QED) is 0.913. The van der Waals surface area contributed by atoms with Gasteiger partial charge in [-0.05, 0) is 51.7 Å². The lowest BCUT2D eigenvalue weighted by Crippen LogP contribution is -2.62. The third-order valence-electron chi connectivity index (χ3n) is 5.61. The first-order chi connectivity index (χ1) is 11.7. The summed E-state index contributed by atoms with van der Waals surface area (Å²) in [4.78, 5) is 29.4. The maximum atomic E-state index is 13.3. The number of aryl methyl sites for hydroxylation is 2. The number of amides is 2. The van der Waals surface area contributed by atoms with Gasteiger partial charge in [0.05, 0.1) is 0 Å². The summed E-state index contributed by atoms with van der Waals surface area (Å²) in [5.41, 5.74) is 2.14. The summed E-state index contributed by atoms with van der Waals surface area (Å²) in [6.07, 6.45) is 1.30. The van der Waals surface area contributed by atoms with Crippen molar-refractivity contribution in [2.75, 3.05) is 25.5 Å². The van der Waals surface area contributed by atoms with Crippen LogP contribution in [-0.4, -0.2) is 53.3 Å². The Bertz CT molecular complexity index is 626. The molecule has 0 atom stereocenters. The molecular weight excluding hydrogens is 314 g/mol. The van der Waals surface area contributed by atoms with E-state index in [0.717, 1.165) is 29.9 Å². The number of likely N-dealkylation sites (N-methyl/N-ethyl adjacent to an activating group) is 1. The Balaban J connectivity index is 2.30. The van der Waals surface area contributed by atoms with Gasteiger partial charge in [0, 0.05) is 38.8 Å². The van der Waals surface area contributed by atoms with Crippen molar-refractivity contribution in [2.24, 2.45) is 0 Å². The van der Waals surface area contributed by atoms with Crippen LogP contribution in [-0.2, 0) is 9.59 Å². The van der Waals surface area contributed by atoms with Gasteiger partial charge in [0.15, 0.2) is 0 Å². The highest BCUT2D eigenvalue weighted by molar-refractivity contribution is 6.01. The predicted molar refractivity (Wildman–Crippen MR) is 102 cm³/mol. The maximum absolute atomic E-state index is 13.3. The van der Waals surface area contributed by atoms with Crippen molar-refractivity contribution in [2.45, 2.75) is 59.0 Å². The number of benzene rings is 1. The SMILES string of the molecule is CC(=O)N(C)C1(C(=O)Nc2c(C)cccc2C)CCN(C(C)C)CC1. The molecule has 138 valence electrons. The van der Waals surface area contributed by atoms with Gasteiger partial charge in [-0.15, -0.1) is 0 Å². The number of likely N-dealkylation sites (tertiary alicyclic amines) is 1. The van der Waals surface area contributed by atoms with Crippen LogP contribution in [0.2, 0.25) is 0 Å². The first-order valence-electron chi connectivity index (χ1n) is 9.05. The molecule has 0 radical (unpaired) electrons. The average molecular weight is 345 g/mol. The lowest BCUT2D eigenvalue weighted by atomic mass is 9.84. The number of carbonyl (C=O) groups is 2. The molecule has 0 aliphatic carbocycles. The Kier molecular flexibility index (Phi) is 5.88. The zero-order chi connectivity index (χ0) is 18.8. The second kappa shape index (κ2) is 7.56. The summed E-state index contributed by atoms with van der Waals surface area (Å²) < 4.78 is 0. The Hall–Kier alpha value is -1.88. The molecule has 0 bridgehead atoms. The molecule has 1 aliphatic rings. The van der Waals surface area contributed by atoms with Gasteiger partial charge in [0.1, 0.15) is 5.54 Å². The fraction of sp³-hybridized carbons (Fsp3) is 0.600.